The molecule has 8 heteroatoms. The van der Waals surface area contributed by atoms with Crippen molar-refractivity contribution < 1.29 is 18.3 Å². The number of rotatable bonds is 2. The summed E-state index contributed by atoms with van der Waals surface area (Å²) < 4.78 is 27.0. The van der Waals surface area contributed by atoms with Crippen LogP contribution in [0.15, 0.2) is 24.3 Å². The lowest BCUT2D eigenvalue weighted by atomic mass is 9.99. The topological polar surface area (TPSA) is 108 Å². The highest BCUT2D eigenvalue weighted by Gasteiger charge is 2.22. The maximum Gasteiger partial charge on any atom is 0.409 e. The number of hydrogen-bond donors (Lipinski definition) is 4. The molecular formula is C10H13N3O4S. The zero-order chi connectivity index (χ0) is 13.2. The molecule has 98 valence electrons. The number of hydrogen-bond acceptors (Lipinski definition) is 3. The molecule has 0 bridgehead atoms. The molecule has 1 aromatic carbocycles. The van der Waals surface area contributed by atoms with Crippen LogP contribution in [0.25, 0.3) is 0 Å². The van der Waals surface area contributed by atoms with Gasteiger partial charge in [0.15, 0.2) is 0 Å². The van der Waals surface area contributed by atoms with Gasteiger partial charge in [-0.1, -0.05) is 12.1 Å². The van der Waals surface area contributed by atoms with E-state index in [1.807, 2.05) is 0 Å². The largest absolute Gasteiger partial charge is 0.465 e. The fraction of sp³-hybridized carbons (Fsp3) is 0.300. The van der Waals surface area contributed by atoms with Crippen LogP contribution < -0.4 is 14.8 Å². The van der Waals surface area contributed by atoms with E-state index in [-0.39, 0.29) is 5.92 Å². The number of carbonyl (C=O) groups is 1. The fourth-order valence-corrected chi connectivity index (χ4v) is 2.68. The maximum atomic E-state index is 11.1. The molecule has 0 unspecified atom stereocenters. The Bertz CT molecular complexity index is 527. The third-order valence-corrected chi connectivity index (χ3v) is 3.77. The maximum absolute atomic E-state index is 11.1. The first-order valence-corrected chi connectivity index (χ1v) is 6.79. The van der Waals surface area contributed by atoms with Gasteiger partial charge in [-0.2, -0.15) is 8.42 Å². The second-order valence-electron chi connectivity index (χ2n) is 3.95. The quantitative estimate of drug-likeness (QED) is 0.620. The molecule has 18 heavy (non-hydrogen) atoms. The summed E-state index contributed by atoms with van der Waals surface area (Å²) in [6.07, 6.45) is -1.12. The summed E-state index contributed by atoms with van der Waals surface area (Å²) in [6, 6.07) is 6.84. The third kappa shape index (κ3) is 3.19. The molecule has 1 heterocycles. The van der Waals surface area contributed by atoms with E-state index in [1.165, 1.54) is 0 Å². The Morgan fingerprint density at radius 3 is 2.28 bits per heavy atom. The Morgan fingerprint density at radius 1 is 1.22 bits per heavy atom. The van der Waals surface area contributed by atoms with Crippen molar-refractivity contribution >= 4 is 22.0 Å². The Hall–Kier alpha value is -1.64. The van der Waals surface area contributed by atoms with Crippen molar-refractivity contribution in [3.63, 3.8) is 0 Å². The smallest absolute Gasteiger partial charge is 0.409 e. The highest BCUT2D eigenvalue weighted by Crippen LogP contribution is 2.19. The van der Waals surface area contributed by atoms with Crippen molar-refractivity contribution in [3.05, 3.63) is 29.8 Å². The Balaban J connectivity index is 2.04. The number of nitrogens with one attached hydrogen (secondary N) is 3. The lowest BCUT2D eigenvalue weighted by Gasteiger charge is -2.24. The average Bonchev–Trinajstić information content (AvgIpc) is 2.30. The van der Waals surface area contributed by atoms with Gasteiger partial charge in [0, 0.05) is 24.7 Å². The van der Waals surface area contributed by atoms with Crippen LogP contribution in [0.2, 0.25) is 0 Å². The predicted octanol–water partition coefficient (Wildman–Crippen LogP) is 0.298. The van der Waals surface area contributed by atoms with Crippen LogP contribution in [0.3, 0.4) is 0 Å². The van der Waals surface area contributed by atoms with Crippen LogP contribution in [0, 0.1) is 0 Å². The molecular weight excluding hydrogens is 258 g/mol. The zero-order valence-corrected chi connectivity index (χ0v) is 10.2. The number of carboxylic acid groups (broad SMARTS) is 1. The van der Waals surface area contributed by atoms with Crippen molar-refractivity contribution in [2.75, 3.05) is 18.4 Å². The molecule has 0 aliphatic carbocycles. The molecule has 1 aromatic rings. The van der Waals surface area contributed by atoms with Gasteiger partial charge in [0.1, 0.15) is 0 Å². The molecule has 0 atom stereocenters. The number of anilines is 1. The van der Waals surface area contributed by atoms with E-state index in [4.69, 9.17) is 5.11 Å². The summed E-state index contributed by atoms with van der Waals surface area (Å²) in [5, 5.41) is 10.8. The van der Waals surface area contributed by atoms with Gasteiger partial charge in [-0.3, -0.25) is 5.32 Å². The zero-order valence-electron chi connectivity index (χ0n) is 9.38. The molecule has 1 aliphatic heterocycles. The van der Waals surface area contributed by atoms with Gasteiger partial charge in [0.2, 0.25) is 0 Å². The molecule has 0 spiro atoms. The SMILES string of the molecule is O=C(O)Nc1ccc(C2CNS(=O)(=O)NC2)cc1. The average molecular weight is 271 g/mol. The molecule has 1 aliphatic rings. The van der Waals surface area contributed by atoms with Gasteiger partial charge < -0.3 is 5.11 Å². The number of amides is 1. The molecule has 1 fully saturated rings. The molecule has 2 rings (SSSR count). The van der Waals surface area contributed by atoms with E-state index in [0.717, 1.165) is 5.56 Å². The van der Waals surface area contributed by atoms with Crippen molar-refractivity contribution in [2.24, 2.45) is 0 Å². The summed E-state index contributed by atoms with van der Waals surface area (Å²) in [7, 11) is -3.34. The number of benzene rings is 1. The minimum atomic E-state index is -3.34. The van der Waals surface area contributed by atoms with Crippen molar-refractivity contribution in [1.29, 1.82) is 0 Å². The fourth-order valence-electron chi connectivity index (χ4n) is 1.74. The molecule has 0 radical (unpaired) electrons. The Labute approximate surface area is 104 Å². The summed E-state index contributed by atoms with van der Waals surface area (Å²) in [5.74, 6) is 0.0346. The van der Waals surface area contributed by atoms with E-state index >= 15 is 0 Å². The minimum absolute atomic E-state index is 0.0346. The molecule has 1 amide bonds. The first-order valence-electron chi connectivity index (χ1n) is 5.30. The van der Waals surface area contributed by atoms with Gasteiger partial charge in [-0.25, -0.2) is 14.2 Å². The second-order valence-corrected chi connectivity index (χ2v) is 5.53. The second kappa shape index (κ2) is 4.92. The lowest BCUT2D eigenvalue weighted by molar-refractivity contribution is 0.209. The normalized spacial score (nSPS) is 19.3. The van der Waals surface area contributed by atoms with Crippen molar-refractivity contribution in [2.45, 2.75) is 5.92 Å². The van der Waals surface area contributed by atoms with Gasteiger partial charge in [0.25, 0.3) is 10.2 Å². The molecule has 0 saturated carbocycles. The summed E-state index contributed by atoms with van der Waals surface area (Å²) in [6.45, 7) is 0.669. The minimum Gasteiger partial charge on any atom is -0.465 e. The monoisotopic (exact) mass is 271 g/mol. The first kappa shape index (κ1) is 12.8. The summed E-state index contributed by atoms with van der Waals surface area (Å²) >= 11 is 0. The van der Waals surface area contributed by atoms with E-state index in [1.54, 1.807) is 24.3 Å². The van der Waals surface area contributed by atoms with E-state index in [9.17, 15) is 13.2 Å². The van der Waals surface area contributed by atoms with Gasteiger partial charge >= 0.3 is 6.09 Å². The van der Waals surface area contributed by atoms with Crippen LogP contribution in [0.5, 0.6) is 0 Å². The van der Waals surface area contributed by atoms with Crippen LogP contribution in [-0.2, 0) is 10.2 Å². The predicted molar refractivity (Wildman–Crippen MR) is 65.8 cm³/mol. The molecule has 1 saturated heterocycles. The molecule has 7 nitrogen and oxygen atoms in total. The Morgan fingerprint density at radius 2 is 1.78 bits per heavy atom. The van der Waals surface area contributed by atoms with Crippen LogP contribution in [0.1, 0.15) is 11.5 Å². The van der Waals surface area contributed by atoms with Crippen LogP contribution in [0.4, 0.5) is 10.5 Å². The van der Waals surface area contributed by atoms with Crippen molar-refractivity contribution in [1.82, 2.24) is 9.44 Å². The highest BCUT2D eigenvalue weighted by molar-refractivity contribution is 7.87. The van der Waals surface area contributed by atoms with E-state index in [0.29, 0.717) is 18.8 Å². The van der Waals surface area contributed by atoms with Gasteiger partial charge in [0.05, 0.1) is 0 Å². The third-order valence-electron chi connectivity index (χ3n) is 2.67. The summed E-state index contributed by atoms with van der Waals surface area (Å²) in [4.78, 5) is 10.4. The summed E-state index contributed by atoms with van der Waals surface area (Å²) in [5.41, 5.74) is 1.43. The molecule has 4 N–H and O–H groups in total. The van der Waals surface area contributed by atoms with Crippen LogP contribution in [-0.4, -0.2) is 32.7 Å². The van der Waals surface area contributed by atoms with E-state index in [2.05, 4.69) is 14.8 Å². The highest BCUT2D eigenvalue weighted by atomic mass is 32.2. The Kier molecular flexibility index (Phi) is 3.50. The van der Waals surface area contributed by atoms with Gasteiger partial charge in [-0.15, -0.1) is 0 Å². The standard InChI is InChI=1S/C10H13N3O4S/c14-10(15)13-9-3-1-7(2-4-9)8-5-11-18(16,17)12-6-8/h1-4,8,11-13H,5-6H2,(H,14,15). The lowest BCUT2D eigenvalue weighted by Crippen LogP contribution is -2.47. The van der Waals surface area contributed by atoms with E-state index < -0.39 is 16.3 Å². The van der Waals surface area contributed by atoms with Crippen LogP contribution >= 0.6 is 0 Å². The van der Waals surface area contributed by atoms with Gasteiger partial charge in [-0.05, 0) is 17.7 Å². The molecule has 0 aromatic heterocycles. The first-order chi connectivity index (χ1) is 8.46. The van der Waals surface area contributed by atoms with Crippen molar-refractivity contribution in [3.8, 4) is 0 Å².